The van der Waals surface area contributed by atoms with Gasteiger partial charge in [0.1, 0.15) is 0 Å². The highest BCUT2D eigenvalue weighted by Crippen LogP contribution is 2.21. The first kappa shape index (κ1) is 15.5. The van der Waals surface area contributed by atoms with Crippen LogP contribution in [0.5, 0.6) is 0 Å². The zero-order valence-electron chi connectivity index (χ0n) is 13.9. The molecule has 1 N–H and O–H groups in total. The molecule has 0 spiro atoms. The van der Waals surface area contributed by atoms with E-state index >= 15 is 0 Å². The average molecular weight is 329 g/mol. The van der Waals surface area contributed by atoms with E-state index < -0.39 is 0 Å². The molecule has 2 atom stereocenters. The van der Waals surface area contributed by atoms with Crippen molar-refractivity contribution >= 4 is 0 Å². The van der Waals surface area contributed by atoms with E-state index in [1.54, 1.807) is 15.4 Å². The Bertz CT molecular complexity index is 782. The van der Waals surface area contributed by atoms with Gasteiger partial charge in [0, 0.05) is 25.9 Å². The SMILES string of the molecule is Cn1ccc(CNC2COCC2n2nc3c(cc2=O)CCCC3)n1. The zero-order chi connectivity index (χ0) is 16.5. The number of fused-ring (bicyclic) bond motifs is 1. The van der Waals surface area contributed by atoms with Crippen LogP contribution in [0, 0.1) is 0 Å². The lowest BCUT2D eigenvalue weighted by Gasteiger charge is -2.22. The summed E-state index contributed by atoms with van der Waals surface area (Å²) >= 11 is 0. The third-order valence-electron chi connectivity index (χ3n) is 4.91. The molecule has 128 valence electrons. The van der Waals surface area contributed by atoms with E-state index in [1.165, 1.54) is 0 Å². The first-order valence-corrected chi connectivity index (χ1v) is 8.62. The predicted octanol–water partition coefficient (Wildman–Crippen LogP) is 0.585. The van der Waals surface area contributed by atoms with Crippen molar-refractivity contribution in [3.05, 3.63) is 45.6 Å². The van der Waals surface area contributed by atoms with Crippen LogP contribution in [-0.2, 0) is 31.2 Å². The number of nitrogens with zero attached hydrogens (tertiary/aromatic N) is 4. The standard InChI is InChI=1S/C17H23N5O2/c1-21-7-6-13(19-21)9-18-15-10-24-11-16(15)22-17(23)8-12-4-2-3-5-14(12)20-22/h6-8,15-16,18H,2-5,9-11H2,1H3. The van der Waals surface area contributed by atoms with Gasteiger partial charge in [0.25, 0.3) is 5.56 Å². The van der Waals surface area contributed by atoms with Crippen LogP contribution in [0.15, 0.2) is 23.1 Å². The average Bonchev–Trinajstić information content (AvgIpc) is 3.21. The lowest BCUT2D eigenvalue weighted by atomic mass is 9.97. The molecule has 1 aliphatic heterocycles. The summed E-state index contributed by atoms with van der Waals surface area (Å²) in [5.74, 6) is 0. The van der Waals surface area contributed by atoms with Crippen molar-refractivity contribution in [1.82, 2.24) is 24.9 Å². The number of aromatic nitrogens is 4. The van der Waals surface area contributed by atoms with Gasteiger partial charge in [0.2, 0.25) is 0 Å². The molecule has 2 aliphatic rings. The molecule has 24 heavy (non-hydrogen) atoms. The Balaban J connectivity index is 1.53. The zero-order valence-corrected chi connectivity index (χ0v) is 13.9. The number of ether oxygens (including phenoxy) is 1. The number of aryl methyl sites for hydroxylation is 3. The smallest absolute Gasteiger partial charge is 0.267 e. The number of hydrogen-bond acceptors (Lipinski definition) is 5. The summed E-state index contributed by atoms with van der Waals surface area (Å²) in [5, 5.41) is 12.5. The Morgan fingerprint density at radius 1 is 1.29 bits per heavy atom. The Morgan fingerprint density at radius 3 is 3.00 bits per heavy atom. The summed E-state index contributed by atoms with van der Waals surface area (Å²) < 4.78 is 9.05. The molecular formula is C17H23N5O2. The van der Waals surface area contributed by atoms with Crippen molar-refractivity contribution in [2.24, 2.45) is 7.05 Å². The van der Waals surface area contributed by atoms with Gasteiger partial charge in [-0.25, -0.2) is 4.68 Å². The highest BCUT2D eigenvalue weighted by molar-refractivity contribution is 5.20. The quantitative estimate of drug-likeness (QED) is 0.888. The van der Waals surface area contributed by atoms with Gasteiger partial charge in [-0.15, -0.1) is 0 Å². The Labute approximate surface area is 140 Å². The molecule has 7 nitrogen and oxygen atoms in total. The maximum Gasteiger partial charge on any atom is 0.267 e. The minimum absolute atomic E-state index is 0.0178. The van der Waals surface area contributed by atoms with E-state index in [0.29, 0.717) is 19.8 Å². The van der Waals surface area contributed by atoms with Gasteiger partial charge in [-0.05, 0) is 37.3 Å². The molecule has 0 saturated carbocycles. The van der Waals surface area contributed by atoms with E-state index in [0.717, 1.165) is 42.6 Å². The summed E-state index contributed by atoms with van der Waals surface area (Å²) in [6.07, 6.45) is 6.17. The fraction of sp³-hybridized carbons (Fsp3) is 0.588. The molecule has 0 bridgehead atoms. The topological polar surface area (TPSA) is 74.0 Å². The van der Waals surface area contributed by atoms with Crippen LogP contribution in [0.1, 0.15) is 35.8 Å². The molecular weight excluding hydrogens is 306 g/mol. The minimum Gasteiger partial charge on any atom is -0.377 e. The van der Waals surface area contributed by atoms with Gasteiger partial charge in [-0.2, -0.15) is 10.2 Å². The molecule has 2 aromatic rings. The minimum atomic E-state index is -0.0616. The Morgan fingerprint density at radius 2 is 2.17 bits per heavy atom. The summed E-state index contributed by atoms with van der Waals surface area (Å²) in [7, 11) is 1.90. The molecule has 2 unspecified atom stereocenters. The second kappa shape index (κ2) is 6.49. The highest BCUT2D eigenvalue weighted by Gasteiger charge is 2.31. The number of hydrogen-bond donors (Lipinski definition) is 1. The van der Waals surface area contributed by atoms with Crippen molar-refractivity contribution in [1.29, 1.82) is 0 Å². The molecule has 1 fully saturated rings. The summed E-state index contributed by atoms with van der Waals surface area (Å²) in [5.41, 5.74) is 3.17. The van der Waals surface area contributed by atoms with Crippen LogP contribution in [0.2, 0.25) is 0 Å². The molecule has 3 heterocycles. The normalized spacial score (nSPS) is 23.4. The van der Waals surface area contributed by atoms with Gasteiger partial charge in [0.15, 0.2) is 0 Å². The highest BCUT2D eigenvalue weighted by atomic mass is 16.5. The van der Waals surface area contributed by atoms with Gasteiger partial charge in [-0.1, -0.05) is 0 Å². The van der Waals surface area contributed by atoms with Crippen molar-refractivity contribution in [3.8, 4) is 0 Å². The van der Waals surface area contributed by atoms with Crippen LogP contribution in [-0.4, -0.2) is 38.8 Å². The molecule has 0 aromatic carbocycles. The lowest BCUT2D eigenvalue weighted by molar-refractivity contribution is 0.180. The maximum atomic E-state index is 12.5. The monoisotopic (exact) mass is 329 g/mol. The first-order valence-electron chi connectivity index (χ1n) is 8.62. The van der Waals surface area contributed by atoms with Crippen molar-refractivity contribution in [3.63, 3.8) is 0 Å². The maximum absolute atomic E-state index is 12.5. The fourth-order valence-corrected chi connectivity index (χ4v) is 3.59. The fourth-order valence-electron chi connectivity index (χ4n) is 3.59. The van der Waals surface area contributed by atoms with Gasteiger partial charge >= 0.3 is 0 Å². The molecule has 0 radical (unpaired) electrons. The van der Waals surface area contributed by atoms with E-state index in [4.69, 9.17) is 4.74 Å². The van der Waals surface area contributed by atoms with Crippen molar-refractivity contribution in [2.75, 3.05) is 13.2 Å². The van der Waals surface area contributed by atoms with Crippen molar-refractivity contribution in [2.45, 2.75) is 44.3 Å². The van der Waals surface area contributed by atoms with E-state index in [9.17, 15) is 4.79 Å². The van der Waals surface area contributed by atoms with Crippen LogP contribution >= 0.6 is 0 Å². The van der Waals surface area contributed by atoms with Gasteiger partial charge in [0.05, 0.1) is 36.7 Å². The van der Waals surface area contributed by atoms with E-state index in [-0.39, 0.29) is 17.6 Å². The van der Waals surface area contributed by atoms with Crippen LogP contribution < -0.4 is 10.9 Å². The summed E-state index contributed by atoms with van der Waals surface area (Å²) in [6.45, 7) is 1.76. The van der Waals surface area contributed by atoms with Gasteiger partial charge < -0.3 is 10.1 Å². The third kappa shape index (κ3) is 3.01. The Hall–Kier alpha value is -1.99. The summed E-state index contributed by atoms with van der Waals surface area (Å²) in [4.78, 5) is 12.5. The molecule has 7 heteroatoms. The summed E-state index contributed by atoms with van der Waals surface area (Å²) in [6, 6.07) is 3.77. The van der Waals surface area contributed by atoms with Crippen LogP contribution in [0.4, 0.5) is 0 Å². The largest absolute Gasteiger partial charge is 0.377 e. The third-order valence-corrected chi connectivity index (χ3v) is 4.91. The number of rotatable bonds is 4. The Kier molecular flexibility index (Phi) is 4.20. The van der Waals surface area contributed by atoms with Crippen LogP contribution in [0.3, 0.4) is 0 Å². The molecule has 1 aliphatic carbocycles. The molecule has 0 amide bonds. The molecule has 1 saturated heterocycles. The predicted molar refractivity (Wildman–Crippen MR) is 88.8 cm³/mol. The second-order valence-corrected chi connectivity index (χ2v) is 6.68. The first-order chi connectivity index (χ1) is 11.7. The van der Waals surface area contributed by atoms with E-state index in [2.05, 4.69) is 15.5 Å². The van der Waals surface area contributed by atoms with Crippen LogP contribution in [0.25, 0.3) is 0 Å². The molecule has 2 aromatic heterocycles. The molecule has 4 rings (SSSR count). The number of nitrogens with one attached hydrogen (secondary N) is 1. The lowest BCUT2D eigenvalue weighted by Crippen LogP contribution is -2.41. The van der Waals surface area contributed by atoms with Crippen molar-refractivity contribution < 1.29 is 4.74 Å². The van der Waals surface area contributed by atoms with E-state index in [1.807, 2.05) is 19.3 Å². The van der Waals surface area contributed by atoms with Gasteiger partial charge in [-0.3, -0.25) is 9.48 Å². The second-order valence-electron chi connectivity index (χ2n) is 6.68.